The van der Waals surface area contributed by atoms with E-state index in [2.05, 4.69) is 48.2 Å². The number of aromatic nitrogens is 1. The van der Waals surface area contributed by atoms with Gasteiger partial charge in [0.2, 0.25) is 0 Å². The number of nitrogens with one attached hydrogen (secondary N) is 1. The first-order chi connectivity index (χ1) is 9.65. The maximum Gasteiger partial charge on any atom is 0.188 e. The van der Waals surface area contributed by atoms with Gasteiger partial charge in [0.05, 0.1) is 21.8 Å². The minimum absolute atomic E-state index is 0.791. The number of halogens is 2. The molecule has 0 unspecified atom stereocenters. The van der Waals surface area contributed by atoms with E-state index in [-0.39, 0.29) is 0 Å². The summed E-state index contributed by atoms with van der Waals surface area (Å²) in [6.07, 6.45) is 0. The standard InChI is InChI=1S/C14H10Br2N2OS/c1-19-12-7-9(3-4-10(12)16)17-14-18-11-5-2-8(15)6-13(11)20-14/h2-7H,1H3,(H,17,18). The number of hydrogen-bond donors (Lipinski definition) is 1. The highest BCUT2D eigenvalue weighted by molar-refractivity contribution is 9.10. The number of benzene rings is 2. The minimum atomic E-state index is 0.791. The van der Waals surface area contributed by atoms with Crippen molar-refractivity contribution in [3.8, 4) is 5.75 Å². The molecule has 0 amide bonds. The molecule has 0 aliphatic heterocycles. The first kappa shape index (κ1) is 13.9. The molecule has 0 atom stereocenters. The van der Waals surface area contributed by atoms with Gasteiger partial charge in [-0.3, -0.25) is 0 Å². The molecule has 0 saturated carbocycles. The van der Waals surface area contributed by atoms with E-state index in [4.69, 9.17) is 4.74 Å². The highest BCUT2D eigenvalue weighted by atomic mass is 79.9. The Morgan fingerprint density at radius 3 is 2.80 bits per heavy atom. The summed E-state index contributed by atoms with van der Waals surface area (Å²) in [4.78, 5) is 4.56. The van der Waals surface area contributed by atoms with Crippen LogP contribution in [0.1, 0.15) is 0 Å². The van der Waals surface area contributed by atoms with E-state index in [0.717, 1.165) is 35.7 Å². The van der Waals surface area contributed by atoms with Crippen molar-refractivity contribution in [2.24, 2.45) is 0 Å². The molecule has 0 fully saturated rings. The van der Waals surface area contributed by atoms with Crippen LogP contribution in [0.15, 0.2) is 45.3 Å². The highest BCUT2D eigenvalue weighted by Crippen LogP contribution is 2.33. The fourth-order valence-electron chi connectivity index (χ4n) is 1.81. The maximum absolute atomic E-state index is 5.29. The Kier molecular flexibility index (Phi) is 3.96. The van der Waals surface area contributed by atoms with E-state index in [0.29, 0.717) is 0 Å². The maximum atomic E-state index is 5.29. The van der Waals surface area contributed by atoms with Crippen molar-refractivity contribution in [2.45, 2.75) is 0 Å². The largest absolute Gasteiger partial charge is 0.495 e. The van der Waals surface area contributed by atoms with Crippen molar-refractivity contribution in [1.29, 1.82) is 0 Å². The van der Waals surface area contributed by atoms with E-state index in [1.165, 1.54) is 0 Å². The van der Waals surface area contributed by atoms with E-state index in [1.807, 2.05) is 30.3 Å². The second kappa shape index (κ2) is 5.71. The van der Waals surface area contributed by atoms with Gasteiger partial charge >= 0.3 is 0 Å². The van der Waals surface area contributed by atoms with Crippen LogP contribution in [0.3, 0.4) is 0 Å². The van der Waals surface area contributed by atoms with Crippen molar-refractivity contribution < 1.29 is 4.74 Å². The third-order valence-electron chi connectivity index (χ3n) is 2.75. The Labute approximate surface area is 137 Å². The molecule has 3 aromatic rings. The molecule has 1 heterocycles. The Balaban J connectivity index is 1.92. The Morgan fingerprint density at radius 2 is 2.00 bits per heavy atom. The molecule has 20 heavy (non-hydrogen) atoms. The molecule has 1 aromatic heterocycles. The molecule has 0 bridgehead atoms. The predicted molar refractivity (Wildman–Crippen MR) is 91.3 cm³/mol. The Bertz CT molecular complexity index is 773. The van der Waals surface area contributed by atoms with Crippen LogP contribution in [0.2, 0.25) is 0 Å². The minimum Gasteiger partial charge on any atom is -0.495 e. The molecule has 3 rings (SSSR count). The van der Waals surface area contributed by atoms with Gasteiger partial charge in [-0.2, -0.15) is 0 Å². The van der Waals surface area contributed by atoms with Gasteiger partial charge in [0.25, 0.3) is 0 Å². The fraction of sp³-hybridized carbons (Fsp3) is 0.0714. The van der Waals surface area contributed by atoms with Gasteiger partial charge in [-0.1, -0.05) is 27.3 Å². The van der Waals surface area contributed by atoms with Crippen LogP contribution in [0.25, 0.3) is 10.2 Å². The number of fused-ring (bicyclic) bond motifs is 1. The fourth-order valence-corrected chi connectivity index (χ4v) is 3.66. The smallest absolute Gasteiger partial charge is 0.188 e. The average molecular weight is 414 g/mol. The van der Waals surface area contributed by atoms with Crippen LogP contribution in [0, 0.1) is 0 Å². The first-order valence-corrected chi connectivity index (χ1v) is 8.22. The van der Waals surface area contributed by atoms with Crippen molar-refractivity contribution in [3.05, 3.63) is 45.3 Å². The lowest BCUT2D eigenvalue weighted by Gasteiger charge is -2.07. The van der Waals surface area contributed by atoms with E-state index < -0.39 is 0 Å². The number of methoxy groups -OCH3 is 1. The Morgan fingerprint density at radius 1 is 1.15 bits per heavy atom. The zero-order chi connectivity index (χ0) is 14.1. The number of anilines is 2. The van der Waals surface area contributed by atoms with Crippen LogP contribution in [0.5, 0.6) is 5.75 Å². The number of thiazole rings is 1. The molecule has 0 radical (unpaired) electrons. The summed E-state index contributed by atoms with van der Waals surface area (Å²) in [6, 6.07) is 11.9. The molecule has 102 valence electrons. The summed E-state index contributed by atoms with van der Waals surface area (Å²) in [5.41, 5.74) is 1.94. The van der Waals surface area contributed by atoms with E-state index >= 15 is 0 Å². The molecule has 3 nitrogen and oxygen atoms in total. The van der Waals surface area contributed by atoms with Gasteiger partial charge in [0.15, 0.2) is 5.13 Å². The second-order valence-electron chi connectivity index (χ2n) is 4.11. The van der Waals surface area contributed by atoms with Gasteiger partial charge in [0, 0.05) is 16.2 Å². The molecule has 6 heteroatoms. The van der Waals surface area contributed by atoms with Crippen LogP contribution in [-0.2, 0) is 0 Å². The van der Waals surface area contributed by atoms with Crippen LogP contribution >= 0.6 is 43.2 Å². The van der Waals surface area contributed by atoms with Gasteiger partial charge in [-0.15, -0.1) is 0 Å². The third-order valence-corrected chi connectivity index (χ3v) is 4.83. The SMILES string of the molecule is COc1cc(Nc2nc3ccc(Br)cc3s2)ccc1Br. The third kappa shape index (κ3) is 2.82. The molecule has 2 aromatic carbocycles. The summed E-state index contributed by atoms with van der Waals surface area (Å²) < 4.78 is 8.42. The van der Waals surface area contributed by atoms with Gasteiger partial charge in [0.1, 0.15) is 5.75 Å². The zero-order valence-electron chi connectivity index (χ0n) is 10.5. The number of hydrogen-bond acceptors (Lipinski definition) is 4. The van der Waals surface area contributed by atoms with E-state index in [1.54, 1.807) is 18.4 Å². The van der Waals surface area contributed by atoms with Gasteiger partial charge in [-0.05, 0) is 46.3 Å². The van der Waals surface area contributed by atoms with Crippen molar-refractivity contribution in [1.82, 2.24) is 4.98 Å². The molecule has 0 spiro atoms. The number of ether oxygens (including phenoxy) is 1. The summed E-state index contributed by atoms with van der Waals surface area (Å²) in [7, 11) is 1.65. The quantitative estimate of drug-likeness (QED) is 0.609. The lowest BCUT2D eigenvalue weighted by atomic mass is 10.3. The van der Waals surface area contributed by atoms with Crippen molar-refractivity contribution in [2.75, 3.05) is 12.4 Å². The molecule has 0 aliphatic rings. The predicted octanol–water partition coefficient (Wildman–Crippen LogP) is 5.57. The zero-order valence-corrected chi connectivity index (χ0v) is 14.5. The summed E-state index contributed by atoms with van der Waals surface area (Å²) in [5.74, 6) is 0.791. The summed E-state index contributed by atoms with van der Waals surface area (Å²) in [6.45, 7) is 0. The second-order valence-corrected chi connectivity index (χ2v) is 6.91. The topological polar surface area (TPSA) is 34.1 Å². The van der Waals surface area contributed by atoms with Crippen LogP contribution < -0.4 is 10.1 Å². The normalized spacial score (nSPS) is 10.8. The Hall–Kier alpha value is -1.11. The lowest BCUT2D eigenvalue weighted by molar-refractivity contribution is 0.412. The van der Waals surface area contributed by atoms with E-state index in [9.17, 15) is 0 Å². The molecule has 1 N–H and O–H groups in total. The molecule has 0 saturated heterocycles. The molecular weight excluding hydrogens is 404 g/mol. The van der Waals surface area contributed by atoms with Crippen LogP contribution in [-0.4, -0.2) is 12.1 Å². The monoisotopic (exact) mass is 412 g/mol. The van der Waals surface area contributed by atoms with Crippen molar-refractivity contribution >= 4 is 64.2 Å². The number of nitrogens with zero attached hydrogens (tertiary/aromatic N) is 1. The molecular formula is C14H10Br2N2OS. The highest BCUT2D eigenvalue weighted by Gasteiger charge is 2.06. The average Bonchev–Trinajstić information content (AvgIpc) is 2.82. The van der Waals surface area contributed by atoms with Crippen molar-refractivity contribution in [3.63, 3.8) is 0 Å². The number of rotatable bonds is 3. The summed E-state index contributed by atoms with van der Waals surface area (Å²) >= 11 is 8.53. The lowest BCUT2D eigenvalue weighted by Crippen LogP contribution is -1.91. The summed E-state index contributed by atoms with van der Waals surface area (Å²) in [5, 5.41) is 4.17. The van der Waals surface area contributed by atoms with Crippen LogP contribution in [0.4, 0.5) is 10.8 Å². The van der Waals surface area contributed by atoms with Gasteiger partial charge < -0.3 is 10.1 Å². The molecule has 0 aliphatic carbocycles. The van der Waals surface area contributed by atoms with Gasteiger partial charge in [-0.25, -0.2) is 4.98 Å². The first-order valence-electron chi connectivity index (χ1n) is 5.82.